The highest BCUT2D eigenvalue weighted by Gasteiger charge is 2.33. The van der Waals surface area contributed by atoms with Crippen LogP contribution in [0.5, 0.6) is 0 Å². The van der Waals surface area contributed by atoms with Crippen LogP contribution >= 0.6 is 0 Å². The van der Waals surface area contributed by atoms with Gasteiger partial charge in [-0.1, -0.05) is 6.92 Å². The Morgan fingerprint density at radius 2 is 2.38 bits per heavy atom. The van der Waals surface area contributed by atoms with E-state index in [-0.39, 0.29) is 0 Å². The molecule has 74 valence electrons. The molecule has 1 aliphatic heterocycles. The third kappa shape index (κ3) is 1.73. The predicted molar refractivity (Wildman–Crippen MR) is 55.2 cm³/mol. The fraction of sp³-hybridized carbons (Fsp3) is 0.818. The minimum Gasteiger partial charge on any atom is -0.388 e. The zero-order chi connectivity index (χ0) is 9.26. The SMILES string of the molecule is CC1CCC2NC=C(CCN)C2C1. The van der Waals surface area contributed by atoms with Gasteiger partial charge in [0.15, 0.2) is 0 Å². The van der Waals surface area contributed by atoms with Crippen LogP contribution in [0.2, 0.25) is 0 Å². The summed E-state index contributed by atoms with van der Waals surface area (Å²) in [6.07, 6.45) is 7.40. The normalized spacial score (nSPS) is 38.0. The molecule has 0 saturated heterocycles. The summed E-state index contributed by atoms with van der Waals surface area (Å²) >= 11 is 0. The lowest BCUT2D eigenvalue weighted by Gasteiger charge is -2.31. The average Bonchev–Trinajstić information content (AvgIpc) is 2.49. The van der Waals surface area contributed by atoms with Gasteiger partial charge in [0, 0.05) is 12.0 Å². The molecule has 0 amide bonds. The first kappa shape index (κ1) is 9.07. The Morgan fingerprint density at radius 1 is 1.54 bits per heavy atom. The Morgan fingerprint density at radius 3 is 3.15 bits per heavy atom. The van der Waals surface area contributed by atoms with Gasteiger partial charge in [0.05, 0.1) is 0 Å². The van der Waals surface area contributed by atoms with Gasteiger partial charge in [-0.2, -0.15) is 0 Å². The zero-order valence-electron chi connectivity index (χ0n) is 8.42. The first-order valence-corrected chi connectivity index (χ1v) is 5.46. The van der Waals surface area contributed by atoms with Crippen molar-refractivity contribution in [1.82, 2.24) is 5.32 Å². The van der Waals surface area contributed by atoms with Crippen molar-refractivity contribution in [2.24, 2.45) is 17.6 Å². The van der Waals surface area contributed by atoms with E-state index in [0.29, 0.717) is 0 Å². The highest BCUT2D eigenvalue weighted by Crippen LogP contribution is 2.37. The molecule has 0 bridgehead atoms. The third-order valence-electron chi connectivity index (χ3n) is 3.50. The molecule has 2 aliphatic rings. The minimum absolute atomic E-state index is 0.734. The van der Waals surface area contributed by atoms with Crippen LogP contribution in [-0.4, -0.2) is 12.6 Å². The lowest BCUT2D eigenvalue weighted by Crippen LogP contribution is -2.33. The monoisotopic (exact) mass is 180 g/mol. The van der Waals surface area contributed by atoms with E-state index >= 15 is 0 Å². The van der Waals surface area contributed by atoms with Gasteiger partial charge in [-0.3, -0.25) is 0 Å². The molecule has 1 fully saturated rings. The molecule has 3 N–H and O–H groups in total. The summed E-state index contributed by atoms with van der Waals surface area (Å²) < 4.78 is 0. The molecule has 0 aromatic rings. The van der Waals surface area contributed by atoms with Crippen LogP contribution in [0.15, 0.2) is 11.8 Å². The smallest absolute Gasteiger partial charge is 0.0321 e. The minimum atomic E-state index is 0.734. The van der Waals surface area contributed by atoms with E-state index in [2.05, 4.69) is 18.4 Å². The molecule has 2 rings (SSSR count). The maximum atomic E-state index is 5.60. The summed E-state index contributed by atoms with van der Waals surface area (Å²) in [6.45, 7) is 3.17. The van der Waals surface area contributed by atoms with Crippen LogP contribution in [0.4, 0.5) is 0 Å². The van der Waals surface area contributed by atoms with Gasteiger partial charge in [0.2, 0.25) is 0 Å². The second kappa shape index (κ2) is 3.70. The lowest BCUT2D eigenvalue weighted by atomic mass is 9.76. The van der Waals surface area contributed by atoms with Gasteiger partial charge >= 0.3 is 0 Å². The molecule has 2 nitrogen and oxygen atoms in total. The zero-order valence-corrected chi connectivity index (χ0v) is 8.42. The third-order valence-corrected chi connectivity index (χ3v) is 3.50. The summed E-state index contributed by atoms with van der Waals surface area (Å²) in [4.78, 5) is 0. The first-order valence-electron chi connectivity index (χ1n) is 5.46. The molecule has 0 spiro atoms. The molecule has 13 heavy (non-hydrogen) atoms. The molecule has 3 unspecified atom stereocenters. The topological polar surface area (TPSA) is 38.0 Å². The molecule has 0 aromatic heterocycles. The summed E-state index contributed by atoms with van der Waals surface area (Å²) in [7, 11) is 0. The molecular weight excluding hydrogens is 160 g/mol. The maximum absolute atomic E-state index is 5.60. The van der Waals surface area contributed by atoms with Gasteiger partial charge in [-0.15, -0.1) is 0 Å². The summed E-state index contributed by atoms with van der Waals surface area (Å²) in [5.41, 5.74) is 7.16. The van der Waals surface area contributed by atoms with Crippen molar-refractivity contribution in [2.45, 2.75) is 38.6 Å². The number of hydrogen-bond donors (Lipinski definition) is 2. The standard InChI is InChI=1S/C11H20N2/c1-8-2-3-11-10(6-8)9(4-5-12)7-13-11/h7-8,10-11,13H,2-6,12H2,1H3. The van der Waals surface area contributed by atoms with Crippen molar-refractivity contribution in [3.8, 4) is 0 Å². The summed E-state index contributed by atoms with van der Waals surface area (Å²) in [5.74, 6) is 1.70. The van der Waals surface area contributed by atoms with Crippen molar-refractivity contribution >= 4 is 0 Å². The van der Waals surface area contributed by atoms with Gasteiger partial charge in [0.1, 0.15) is 0 Å². The Kier molecular flexibility index (Phi) is 2.58. The van der Waals surface area contributed by atoms with Crippen LogP contribution in [0.25, 0.3) is 0 Å². The Bertz CT molecular complexity index is 210. The lowest BCUT2D eigenvalue weighted by molar-refractivity contribution is 0.270. The number of nitrogens with two attached hydrogens (primary N) is 1. The summed E-state index contributed by atoms with van der Waals surface area (Å²) in [6, 6.07) is 0.734. The number of rotatable bonds is 2. The number of hydrogen-bond acceptors (Lipinski definition) is 2. The van der Waals surface area contributed by atoms with Gasteiger partial charge in [-0.25, -0.2) is 0 Å². The molecule has 1 aliphatic carbocycles. The molecule has 1 heterocycles. The van der Waals surface area contributed by atoms with Crippen LogP contribution in [0, 0.1) is 11.8 Å². The van der Waals surface area contributed by atoms with Crippen LogP contribution < -0.4 is 11.1 Å². The number of nitrogens with one attached hydrogen (secondary N) is 1. The van der Waals surface area contributed by atoms with Gasteiger partial charge < -0.3 is 11.1 Å². The second-order valence-electron chi connectivity index (χ2n) is 4.56. The van der Waals surface area contributed by atoms with Crippen LogP contribution in [0.1, 0.15) is 32.6 Å². The van der Waals surface area contributed by atoms with E-state index in [0.717, 1.165) is 30.8 Å². The molecular formula is C11H20N2. The quantitative estimate of drug-likeness (QED) is 0.678. The highest BCUT2D eigenvalue weighted by atomic mass is 14.9. The van der Waals surface area contributed by atoms with Crippen molar-refractivity contribution in [2.75, 3.05) is 6.54 Å². The van der Waals surface area contributed by atoms with E-state index in [1.54, 1.807) is 5.57 Å². The van der Waals surface area contributed by atoms with Crippen LogP contribution in [0.3, 0.4) is 0 Å². The van der Waals surface area contributed by atoms with E-state index in [1.807, 2.05) is 0 Å². The molecule has 2 heteroatoms. The van der Waals surface area contributed by atoms with Gasteiger partial charge in [-0.05, 0) is 49.9 Å². The van der Waals surface area contributed by atoms with E-state index < -0.39 is 0 Å². The van der Waals surface area contributed by atoms with E-state index in [9.17, 15) is 0 Å². The Labute approximate surface area is 80.6 Å². The largest absolute Gasteiger partial charge is 0.388 e. The van der Waals surface area contributed by atoms with Gasteiger partial charge in [0.25, 0.3) is 0 Å². The average molecular weight is 180 g/mol. The first-order chi connectivity index (χ1) is 6.31. The Hall–Kier alpha value is -0.500. The fourth-order valence-electron chi connectivity index (χ4n) is 2.74. The Balaban J connectivity index is 2.00. The predicted octanol–water partition coefficient (Wildman–Crippen LogP) is 1.63. The van der Waals surface area contributed by atoms with E-state index in [1.165, 1.54) is 19.3 Å². The molecule has 0 radical (unpaired) electrons. The molecule has 3 atom stereocenters. The van der Waals surface area contributed by atoms with Crippen molar-refractivity contribution in [3.63, 3.8) is 0 Å². The summed E-state index contributed by atoms with van der Waals surface area (Å²) in [5, 5.41) is 3.50. The maximum Gasteiger partial charge on any atom is 0.0321 e. The molecule has 1 saturated carbocycles. The number of fused-ring (bicyclic) bond motifs is 1. The van der Waals surface area contributed by atoms with Crippen LogP contribution in [-0.2, 0) is 0 Å². The molecule has 0 aromatic carbocycles. The van der Waals surface area contributed by atoms with E-state index in [4.69, 9.17) is 5.73 Å². The second-order valence-corrected chi connectivity index (χ2v) is 4.56. The van der Waals surface area contributed by atoms with Crippen molar-refractivity contribution < 1.29 is 0 Å². The highest BCUT2D eigenvalue weighted by molar-refractivity contribution is 5.17. The van der Waals surface area contributed by atoms with Crippen molar-refractivity contribution in [3.05, 3.63) is 11.8 Å². The fourth-order valence-corrected chi connectivity index (χ4v) is 2.74. The van der Waals surface area contributed by atoms with Crippen molar-refractivity contribution in [1.29, 1.82) is 0 Å².